The van der Waals surface area contributed by atoms with Crippen molar-refractivity contribution in [3.8, 4) is 0 Å². The van der Waals surface area contributed by atoms with Crippen LogP contribution in [0.2, 0.25) is 0 Å². The second kappa shape index (κ2) is 4.65. The number of para-hydroxylation sites is 1. The highest BCUT2D eigenvalue weighted by molar-refractivity contribution is 5.63. The van der Waals surface area contributed by atoms with Crippen molar-refractivity contribution in [3.63, 3.8) is 0 Å². The summed E-state index contributed by atoms with van der Waals surface area (Å²) in [5, 5.41) is 0. The van der Waals surface area contributed by atoms with Crippen LogP contribution in [0.4, 0.5) is 11.5 Å². The zero-order valence-corrected chi connectivity index (χ0v) is 11.7. The smallest absolute Gasteiger partial charge is 0.139 e. The molecular formula is C16H19N3. The lowest BCUT2D eigenvalue weighted by molar-refractivity contribution is 0.623. The van der Waals surface area contributed by atoms with Crippen molar-refractivity contribution in [2.75, 3.05) is 11.9 Å². The maximum absolute atomic E-state index is 4.67. The maximum atomic E-state index is 4.67. The van der Waals surface area contributed by atoms with E-state index in [-0.39, 0.29) is 0 Å². The van der Waals surface area contributed by atoms with Gasteiger partial charge in [0.2, 0.25) is 0 Å². The molecule has 3 rings (SSSR count). The lowest BCUT2D eigenvalue weighted by Gasteiger charge is -2.21. The molecule has 98 valence electrons. The molecule has 19 heavy (non-hydrogen) atoms. The normalized spacial score (nSPS) is 17.3. The zero-order valence-electron chi connectivity index (χ0n) is 11.7. The fraction of sp³-hybridized carbons (Fsp3) is 0.375. The Labute approximate surface area is 114 Å². The minimum Gasteiger partial charge on any atom is -0.329 e. The van der Waals surface area contributed by atoms with Crippen LogP contribution in [0.15, 0.2) is 30.3 Å². The summed E-state index contributed by atoms with van der Waals surface area (Å²) in [6.45, 7) is 4.26. The van der Waals surface area contributed by atoms with Crippen molar-refractivity contribution in [1.82, 2.24) is 9.97 Å². The first kappa shape index (κ1) is 12.2. The van der Waals surface area contributed by atoms with Crippen LogP contribution >= 0.6 is 0 Å². The van der Waals surface area contributed by atoms with Gasteiger partial charge in [-0.1, -0.05) is 25.1 Å². The number of benzene rings is 1. The van der Waals surface area contributed by atoms with Gasteiger partial charge in [-0.15, -0.1) is 0 Å². The van der Waals surface area contributed by atoms with Gasteiger partial charge in [0.15, 0.2) is 0 Å². The molecule has 1 aliphatic rings. The van der Waals surface area contributed by atoms with Crippen LogP contribution in [0.25, 0.3) is 0 Å². The standard InChI is InChI=1S/C16H19N3/c1-11-9-14-15(10-11)17-12(2)18-16(14)19(3)13-7-5-4-6-8-13/h4-8,11H,9-10H2,1-3H3/t11-/m1/s1. The molecule has 1 aromatic carbocycles. The Hall–Kier alpha value is -1.90. The van der Waals surface area contributed by atoms with Crippen LogP contribution in [-0.2, 0) is 12.8 Å². The topological polar surface area (TPSA) is 29.0 Å². The third kappa shape index (κ3) is 2.21. The van der Waals surface area contributed by atoms with Crippen LogP contribution in [0.5, 0.6) is 0 Å². The molecule has 0 N–H and O–H groups in total. The average molecular weight is 253 g/mol. The van der Waals surface area contributed by atoms with Gasteiger partial charge in [-0.3, -0.25) is 0 Å². The third-order valence-corrected chi connectivity index (χ3v) is 3.74. The van der Waals surface area contributed by atoms with Crippen molar-refractivity contribution in [2.24, 2.45) is 5.92 Å². The van der Waals surface area contributed by atoms with Gasteiger partial charge >= 0.3 is 0 Å². The predicted octanol–water partition coefficient (Wildman–Crippen LogP) is 3.29. The largest absolute Gasteiger partial charge is 0.329 e. The molecule has 3 heteroatoms. The summed E-state index contributed by atoms with van der Waals surface area (Å²) >= 11 is 0. The first-order valence-electron chi connectivity index (χ1n) is 6.80. The first-order chi connectivity index (χ1) is 9.15. The van der Waals surface area contributed by atoms with Crippen molar-refractivity contribution in [2.45, 2.75) is 26.7 Å². The Morgan fingerprint density at radius 1 is 1.11 bits per heavy atom. The van der Waals surface area contributed by atoms with E-state index in [9.17, 15) is 0 Å². The Morgan fingerprint density at radius 3 is 2.58 bits per heavy atom. The van der Waals surface area contributed by atoms with E-state index in [1.807, 2.05) is 13.0 Å². The molecule has 3 nitrogen and oxygen atoms in total. The molecule has 1 aromatic heterocycles. The lowest BCUT2D eigenvalue weighted by Crippen LogP contribution is -2.15. The molecule has 0 bridgehead atoms. The Morgan fingerprint density at radius 2 is 1.84 bits per heavy atom. The third-order valence-electron chi connectivity index (χ3n) is 3.74. The van der Waals surface area contributed by atoms with E-state index in [2.05, 4.69) is 53.1 Å². The molecule has 0 radical (unpaired) electrons. The van der Waals surface area contributed by atoms with E-state index in [1.165, 1.54) is 16.9 Å². The van der Waals surface area contributed by atoms with E-state index in [0.29, 0.717) is 5.92 Å². The fourth-order valence-corrected chi connectivity index (χ4v) is 2.82. The molecule has 1 aliphatic carbocycles. The van der Waals surface area contributed by atoms with Gasteiger partial charge in [0.25, 0.3) is 0 Å². The predicted molar refractivity (Wildman–Crippen MR) is 77.8 cm³/mol. The van der Waals surface area contributed by atoms with Crippen LogP contribution in [0.3, 0.4) is 0 Å². The average Bonchev–Trinajstić information content (AvgIpc) is 2.78. The molecule has 0 aliphatic heterocycles. The molecule has 1 heterocycles. The molecule has 0 spiro atoms. The van der Waals surface area contributed by atoms with E-state index in [4.69, 9.17) is 0 Å². The summed E-state index contributed by atoms with van der Waals surface area (Å²) < 4.78 is 0. The number of hydrogen-bond acceptors (Lipinski definition) is 3. The maximum Gasteiger partial charge on any atom is 0.139 e. The number of aryl methyl sites for hydroxylation is 1. The Balaban J connectivity index is 2.06. The van der Waals surface area contributed by atoms with Gasteiger partial charge in [-0.2, -0.15) is 0 Å². The van der Waals surface area contributed by atoms with E-state index in [0.717, 1.165) is 24.5 Å². The van der Waals surface area contributed by atoms with Crippen LogP contribution in [0.1, 0.15) is 24.0 Å². The van der Waals surface area contributed by atoms with Gasteiger partial charge in [-0.25, -0.2) is 9.97 Å². The van der Waals surface area contributed by atoms with Gasteiger partial charge in [0.1, 0.15) is 11.6 Å². The van der Waals surface area contributed by atoms with Gasteiger partial charge in [-0.05, 0) is 37.8 Å². The summed E-state index contributed by atoms with van der Waals surface area (Å²) in [6, 6.07) is 10.4. The molecule has 0 saturated carbocycles. The number of aromatic nitrogens is 2. The zero-order chi connectivity index (χ0) is 13.4. The number of fused-ring (bicyclic) bond motifs is 1. The molecule has 0 saturated heterocycles. The van der Waals surface area contributed by atoms with Gasteiger partial charge in [0, 0.05) is 24.0 Å². The Kier molecular flexibility index (Phi) is 2.97. The van der Waals surface area contributed by atoms with Crippen molar-refractivity contribution < 1.29 is 0 Å². The van der Waals surface area contributed by atoms with Crippen LogP contribution in [0, 0.1) is 12.8 Å². The quantitative estimate of drug-likeness (QED) is 0.822. The van der Waals surface area contributed by atoms with E-state index < -0.39 is 0 Å². The van der Waals surface area contributed by atoms with E-state index >= 15 is 0 Å². The second-order valence-corrected chi connectivity index (χ2v) is 5.43. The van der Waals surface area contributed by atoms with Gasteiger partial charge in [0.05, 0.1) is 0 Å². The van der Waals surface area contributed by atoms with Gasteiger partial charge < -0.3 is 4.90 Å². The summed E-state index contributed by atoms with van der Waals surface area (Å²) in [4.78, 5) is 11.4. The van der Waals surface area contributed by atoms with E-state index in [1.54, 1.807) is 0 Å². The molecule has 2 aromatic rings. The first-order valence-corrected chi connectivity index (χ1v) is 6.80. The Bertz CT molecular complexity index is 592. The molecular weight excluding hydrogens is 234 g/mol. The highest BCUT2D eigenvalue weighted by Gasteiger charge is 2.25. The van der Waals surface area contributed by atoms with Crippen LogP contribution in [-0.4, -0.2) is 17.0 Å². The van der Waals surface area contributed by atoms with Crippen LogP contribution < -0.4 is 4.90 Å². The SMILES string of the molecule is Cc1nc2c(c(N(C)c3ccccc3)n1)C[C@@H](C)C2. The number of rotatable bonds is 2. The summed E-state index contributed by atoms with van der Waals surface area (Å²) in [5.41, 5.74) is 3.73. The van der Waals surface area contributed by atoms with Crippen molar-refractivity contribution in [1.29, 1.82) is 0 Å². The number of nitrogens with zero attached hydrogens (tertiary/aromatic N) is 3. The molecule has 1 atom stereocenters. The summed E-state index contributed by atoms with van der Waals surface area (Å²) in [7, 11) is 2.08. The lowest BCUT2D eigenvalue weighted by atomic mass is 10.1. The highest BCUT2D eigenvalue weighted by atomic mass is 15.2. The van der Waals surface area contributed by atoms with Crippen molar-refractivity contribution in [3.05, 3.63) is 47.4 Å². The monoisotopic (exact) mass is 253 g/mol. The number of hydrogen-bond donors (Lipinski definition) is 0. The highest BCUT2D eigenvalue weighted by Crippen LogP contribution is 2.34. The minimum absolute atomic E-state index is 0.675. The summed E-state index contributed by atoms with van der Waals surface area (Å²) in [6.07, 6.45) is 2.16. The molecule has 0 fully saturated rings. The fourth-order valence-electron chi connectivity index (χ4n) is 2.82. The molecule has 0 amide bonds. The summed E-state index contributed by atoms with van der Waals surface area (Å²) in [5.74, 6) is 2.61. The van der Waals surface area contributed by atoms with Crippen molar-refractivity contribution >= 4 is 11.5 Å². The molecule has 0 unspecified atom stereocenters. The number of anilines is 2. The second-order valence-electron chi connectivity index (χ2n) is 5.43. The minimum atomic E-state index is 0.675.